The van der Waals surface area contributed by atoms with Crippen LogP contribution in [0.4, 0.5) is 34.9 Å². The fourth-order valence-corrected chi connectivity index (χ4v) is 28.6. The molecule has 0 unspecified atom stereocenters. The van der Waals surface area contributed by atoms with E-state index < -0.39 is 0 Å². The molecule has 0 bridgehead atoms. The van der Waals surface area contributed by atoms with Crippen molar-refractivity contribution in [1.82, 2.24) is 139 Å². The van der Waals surface area contributed by atoms with E-state index in [1.54, 1.807) is 58.8 Å². The minimum Gasteiger partial charge on any atom is -0.382 e. The van der Waals surface area contributed by atoms with Gasteiger partial charge in [0.25, 0.3) is 0 Å². The first-order valence-electron chi connectivity index (χ1n) is 46.6. The molecule has 12 aromatic heterocycles. The predicted octanol–water partition coefficient (Wildman–Crippen LogP) is 26.0. The molecule has 0 saturated carbocycles. The average molecular weight is 3000 g/mol. The number of rotatable bonds is 35. The van der Waals surface area contributed by atoms with Gasteiger partial charge in [-0.15, -0.1) is 0 Å². The molecule has 53 heteroatoms. The van der Waals surface area contributed by atoms with E-state index in [1.807, 2.05) is 78.9 Å². The maximum absolute atomic E-state index is 6.22. The fraction of sp³-hybridized carbons (Fsp3) is 0.320. The van der Waals surface area contributed by atoms with Crippen LogP contribution < -0.4 is 55.7 Å². The Morgan fingerprint density at radius 2 is 0.613 bits per heavy atom. The van der Waals surface area contributed by atoms with E-state index in [1.165, 1.54) is 49.7 Å². The highest BCUT2D eigenvalue weighted by Gasteiger charge is 2.25. The summed E-state index contributed by atoms with van der Waals surface area (Å²) in [7, 11) is 0. The number of hydrogen-bond donors (Lipinski definition) is 11. The summed E-state index contributed by atoms with van der Waals surface area (Å²) in [6, 6.07) is 36.0. The number of alkyl halides is 1. The minimum atomic E-state index is 0.0959. The van der Waals surface area contributed by atoms with Gasteiger partial charge in [-0.05, 0) is 348 Å². The summed E-state index contributed by atoms with van der Waals surface area (Å²) >= 11 is 63.3. The molecule has 0 aliphatic rings. The molecule has 0 spiro atoms. The number of H-pyrrole nitrogens is 1. The van der Waals surface area contributed by atoms with Gasteiger partial charge in [0, 0.05) is 131 Å². The van der Waals surface area contributed by atoms with Gasteiger partial charge in [0.15, 0.2) is 127 Å². The predicted molar refractivity (Wildman–Crippen MR) is 672 cm³/mol. The van der Waals surface area contributed by atoms with Gasteiger partial charge in [-0.2, -0.15) is 0 Å². The maximum Gasteiger partial charge on any atom is 0.183 e. The molecule has 12 heterocycles. The number of imidazole rings is 6. The van der Waals surface area contributed by atoms with Crippen molar-refractivity contribution < 1.29 is 0 Å². The summed E-state index contributed by atoms with van der Waals surface area (Å²) in [5.74, 6) is 3.03. The molecule has 17 N–H and O–H groups in total. The lowest BCUT2D eigenvalue weighted by molar-refractivity contribution is 0.376. The first kappa shape index (κ1) is 121. The zero-order valence-corrected chi connectivity index (χ0v) is 107. The number of aryl methyl sites for hydroxylation is 5. The number of hydrogen-bond acceptors (Lipinski definition) is 34. The Balaban J connectivity index is 0.000000150. The van der Waals surface area contributed by atoms with Crippen molar-refractivity contribution in [3.8, 4) is 0 Å². The number of fused-ring (bicyclic) bond motifs is 6. The van der Waals surface area contributed by atoms with E-state index in [4.69, 9.17) is 124 Å². The van der Waals surface area contributed by atoms with Crippen LogP contribution in [0, 0.1) is 32.8 Å². The van der Waals surface area contributed by atoms with Gasteiger partial charge in [0.2, 0.25) is 0 Å². The van der Waals surface area contributed by atoms with Gasteiger partial charge in [0.05, 0.1) is 0 Å². The summed E-state index contributed by atoms with van der Waals surface area (Å²) < 4.78 is 17.0. The number of halogens is 13. The fourth-order valence-electron chi connectivity index (χ4n) is 14.2. The Morgan fingerprint density at radius 3 is 0.887 bits per heavy atom. The molecule has 18 aromatic rings. The Labute approximate surface area is 1010 Å². The third-order valence-electron chi connectivity index (χ3n) is 20.7. The van der Waals surface area contributed by atoms with E-state index >= 15 is 0 Å². The van der Waals surface area contributed by atoms with Gasteiger partial charge in [-0.3, -0.25) is 0 Å². The van der Waals surface area contributed by atoms with E-state index in [2.05, 4.69) is 370 Å². The molecule has 0 amide bonds. The van der Waals surface area contributed by atoms with Crippen molar-refractivity contribution in [3.05, 3.63) is 199 Å². The van der Waals surface area contributed by atoms with Crippen LogP contribution in [-0.4, -0.2) is 174 Å². The molecule has 0 fully saturated rings. The summed E-state index contributed by atoms with van der Waals surface area (Å²) in [4.78, 5) is 87.4. The third kappa shape index (κ3) is 36.5. The molecule has 792 valence electrons. The average Bonchev–Trinajstić information content (AvgIpc) is 1.65. The van der Waals surface area contributed by atoms with Crippen LogP contribution >= 0.6 is 292 Å². The summed E-state index contributed by atoms with van der Waals surface area (Å²) in [6.07, 6.45) is 13.6. The Bertz CT molecular complexity index is 7550. The lowest BCUT2D eigenvalue weighted by Gasteiger charge is -2.20. The highest BCUT2D eigenvalue weighted by atomic mass is 127. The largest absolute Gasteiger partial charge is 0.382 e. The molecule has 34 nitrogen and oxygen atoms in total. The van der Waals surface area contributed by atoms with Crippen molar-refractivity contribution >= 4 is 394 Å². The second-order valence-corrected chi connectivity index (χ2v) is 53.4. The standard InChI is InChI=1S/C19H24ClIN6S.2C18H22ClIN6S.C17H20ClIN6S.C14H12BrClIN5S.C11H7ClIN5S/c1-19(2,3)10-23-5-4-6-27-17-15(16(22)24-11-25-17)26-18(27)28-14-8-12(20)7-13(21)9-14;1-18(2,3)24-5-4-6-26-16-14(15(21)22-10-23-16)25-17(26)27-13-8-11(19)7-12(20)9-13;1-11(2)9-22-4-3-5-26-17-15(16(21)23-10-24-17)25-18(26)27-14-7-12(19)6-13(20)8-14;1-10(2)21-4-3-5-25-16-14(15(20)22-9-23-16)24-17(25)26-13-7-11(18)6-12(19)8-13;15-2-1-3-22-13-11(12(18)19-7-20-13)21-14(22)23-10-5-8(16)4-9(17)6-10;12-5-1-6(13)3-7(2-5)19-11-17-8-9(14)15-4-16-10(8)18-11/h7-9,11,23H,4-6,10H2,1-3H3,(H2,22,24,25);7-10,24H,4-6H2,1-3H3,(H2,21,22,23);6-8,10-11,22H,3-5,9H2,1-2H3,(H2,21,23,24);6-10,21H,3-5H2,1-2H3,(H2,20,22,23);4-7H,1-3H2,(H2,18,19,20);1-4H,(H3,14,15,16,17,18). The van der Waals surface area contributed by atoms with Gasteiger partial charge in [-0.25, -0.2) is 89.7 Å². The number of aromatic amines is 1. The van der Waals surface area contributed by atoms with Crippen LogP contribution in [0.3, 0.4) is 0 Å². The number of anilines is 6. The lowest BCUT2D eigenvalue weighted by atomic mass is 9.97. The molecule has 0 saturated heterocycles. The number of aromatic nitrogens is 24. The molecule has 0 atom stereocenters. The smallest absolute Gasteiger partial charge is 0.183 e. The molecule has 0 aliphatic carbocycles. The highest BCUT2D eigenvalue weighted by molar-refractivity contribution is 14.1. The summed E-state index contributed by atoms with van der Waals surface area (Å²) in [6.45, 7) is 31.5. The van der Waals surface area contributed by atoms with Crippen molar-refractivity contribution in [1.29, 1.82) is 0 Å². The van der Waals surface area contributed by atoms with Crippen LogP contribution in [0.2, 0.25) is 30.1 Å². The number of nitrogens with one attached hydrogen (secondary N) is 5. The normalized spacial score (nSPS) is 11.6. The van der Waals surface area contributed by atoms with Crippen molar-refractivity contribution in [2.75, 3.05) is 79.0 Å². The van der Waals surface area contributed by atoms with Crippen molar-refractivity contribution in [2.45, 2.75) is 206 Å². The van der Waals surface area contributed by atoms with Gasteiger partial charge >= 0.3 is 0 Å². The zero-order chi connectivity index (χ0) is 108. The Kier molecular flexibility index (Phi) is 46.7. The highest BCUT2D eigenvalue weighted by Crippen LogP contribution is 2.42. The molecule has 18 rings (SSSR count). The van der Waals surface area contributed by atoms with E-state index in [0.717, 1.165) is 214 Å². The molecule has 6 aromatic carbocycles. The van der Waals surface area contributed by atoms with E-state index in [-0.39, 0.29) is 11.0 Å². The maximum atomic E-state index is 6.22. The second kappa shape index (κ2) is 58.0. The molecular weight excluding hydrogens is 2890 g/mol. The number of benzene rings is 6. The van der Waals surface area contributed by atoms with Gasteiger partial charge < -0.3 is 83.5 Å². The van der Waals surface area contributed by atoms with Gasteiger partial charge in [-0.1, -0.05) is 205 Å². The van der Waals surface area contributed by atoms with Crippen LogP contribution in [0.5, 0.6) is 0 Å². The van der Waals surface area contributed by atoms with Crippen LogP contribution in [0.25, 0.3) is 67.0 Å². The van der Waals surface area contributed by atoms with E-state index in [0.29, 0.717) is 121 Å². The molecular formula is C97H107BrCl6I6N34S6. The molecule has 0 radical (unpaired) electrons. The van der Waals surface area contributed by atoms with Crippen LogP contribution in [0.15, 0.2) is 207 Å². The topological polar surface area (TPSA) is 477 Å². The zero-order valence-electron chi connectivity index (χ0n) is 82.6. The van der Waals surface area contributed by atoms with E-state index in [9.17, 15) is 0 Å². The first-order valence-corrected chi connectivity index (χ1v) is 61.4. The number of nitrogens with zero attached hydrogens (tertiary/aromatic N) is 23. The third-order valence-corrected chi connectivity index (χ3v) is 32.0. The SMILES string of the molecule is CC(C)(C)CNCCCn1c(Sc2cc(Cl)cc(I)c2)nc2c(N)ncnc21.CC(C)(C)NCCCn1c(Sc2cc(Cl)cc(I)c2)nc2c(N)ncnc21.CC(C)CNCCCn1c(Sc2cc(Cl)cc(I)c2)nc2c(N)ncnc21.CC(C)NCCCn1c(Sc2cc(Cl)cc(I)c2)nc2c(N)ncnc21.Nc1ncnc2c1nc(Sc1cc(Cl)cc(I)c1)n2CCCBr.Nc1ncnc2nc(Sc3cc(Cl)cc(I)c3)[nH]c12. The number of nitrogens with two attached hydrogens (primary N) is 6. The molecule has 150 heavy (non-hydrogen) atoms. The Morgan fingerprint density at radius 1 is 0.340 bits per heavy atom. The monoisotopic (exact) mass is 2990 g/mol. The summed E-state index contributed by atoms with van der Waals surface area (Å²) in [5.41, 5.74) is 44.4. The Hall–Kier alpha value is -6.04. The quantitative estimate of drug-likeness (QED) is 0.00998. The second-order valence-electron chi connectivity index (χ2n) is 36.2. The van der Waals surface area contributed by atoms with Crippen molar-refractivity contribution in [3.63, 3.8) is 0 Å². The van der Waals surface area contributed by atoms with Gasteiger partial charge in [0.1, 0.15) is 43.5 Å². The first-order chi connectivity index (χ1) is 71.5. The summed E-state index contributed by atoms with van der Waals surface area (Å²) in [5, 5.41) is 24.0. The number of nitrogen functional groups attached to an aromatic ring is 6. The molecule has 0 aliphatic heterocycles. The minimum absolute atomic E-state index is 0.0959. The van der Waals surface area contributed by atoms with Crippen LogP contribution in [0.1, 0.15) is 101 Å². The van der Waals surface area contributed by atoms with Crippen LogP contribution in [-0.2, 0) is 32.7 Å². The van der Waals surface area contributed by atoms with Crippen molar-refractivity contribution in [2.24, 2.45) is 11.3 Å². The lowest BCUT2D eigenvalue weighted by Crippen LogP contribution is -2.36.